The van der Waals surface area contributed by atoms with Crippen molar-refractivity contribution in [2.45, 2.75) is 13.3 Å². The maximum absolute atomic E-state index is 12.2. The molecule has 2 N–H and O–H groups in total. The smallest absolute Gasteiger partial charge is 0.267 e. The number of anilines is 1. The normalized spacial score (nSPS) is 10.8. The molecule has 0 atom stereocenters. The second-order valence-electron chi connectivity index (χ2n) is 5.60. The minimum Gasteiger partial charge on any atom is -0.495 e. The average molecular weight is 370 g/mol. The molecule has 0 aliphatic rings. The third-order valence-corrected chi connectivity index (χ3v) is 4.12. The molecule has 1 amide bonds. The van der Waals surface area contributed by atoms with Crippen LogP contribution in [0.15, 0.2) is 54.2 Å². The fraction of sp³-hybridized carbons (Fsp3) is 0.200. The molecule has 0 aromatic heterocycles. The highest BCUT2D eigenvalue weighted by Gasteiger charge is 2.10. The molecule has 0 heterocycles. The molecule has 0 bridgehead atoms. The Kier molecular flexibility index (Phi) is 7.07. The molecule has 0 saturated carbocycles. The predicted octanol–water partition coefficient (Wildman–Crippen LogP) is 3.84. The molecule has 2 rings (SSSR count). The number of amides is 1. The van der Waals surface area contributed by atoms with Crippen LogP contribution < -0.4 is 15.4 Å². The Balaban J connectivity index is 1.93. The zero-order chi connectivity index (χ0) is 18.9. The second kappa shape index (κ2) is 9.50. The lowest BCUT2D eigenvalue weighted by atomic mass is 10.1. The molecule has 2 aromatic rings. The SMILES string of the molecule is COc1ccc(NC(=O)/C(C#N)=C\NCCc2ccccc2C)cc1Cl. The number of carbonyl (C=O) groups is 1. The summed E-state index contributed by atoms with van der Waals surface area (Å²) in [5.74, 6) is 0.00992. The molecular weight excluding hydrogens is 350 g/mol. The van der Waals surface area contributed by atoms with Crippen molar-refractivity contribution in [1.29, 1.82) is 5.26 Å². The molecule has 134 valence electrons. The summed E-state index contributed by atoms with van der Waals surface area (Å²) >= 11 is 6.03. The Morgan fingerprint density at radius 2 is 2.08 bits per heavy atom. The van der Waals surface area contributed by atoms with Gasteiger partial charge in [-0.05, 0) is 42.7 Å². The van der Waals surface area contributed by atoms with Gasteiger partial charge in [0.15, 0.2) is 0 Å². The van der Waals surface area contributed by atoms with E-state index in [0.717, 1.165) is 6.42 Å². The molecule has 26 heavy (non-hydrogen) atoms. The summed E-state index contributed by atoms with van der Waals surface area (Å²) in [6.45, 7) is 2.68. The van der Waals surface area contributed by atoms with Gasteiger partial charge in [0.1, 0.15) is 17.4 Å². The molecular formula is C20H20ClN3O2. The van der Waals surface area contributed by atoms with Gasteiger partial charge in [-0.2, -0.15) is 5.26 Å². The van der Waals surface area contributed by atoms with Crippen LogP contribution in [-0.2, 0) is 11.2 Å². The Morgan fingerprint density at radius 1 is 1.31 bits per heavy atom. The van der Waals surface area contributed by atoms with E-state index in [-0.39, 0.29) is 5.57 Å². The molecule has 0 radical (unpaired) electrons. The van der Waals surface area contributed by atoms with Gasteiger partial charge in [0.05, 0.1) is 12.1 Å². The van der Waals surface area contributed by atoms with Gasteiger partial charge in [-0.1, -0.05) is 35.9 Å². The van der Waals surface area contributed by atoms with Gasteiger partial charge >= 0.3 is 0 Å². The maximum Gasteiger partial charge on any atom is 0.267 e. The minimum atomic E-state index is -0.503. The number of nitrogens with one attached hydrogen (secondary N) is 2. The Hall–Kier alpha value is -2.97. The van der Waals surface area contributed by atoms with Crippen LogP contribution >= 0.6 is 11.6 Å². The topological polar surface area (TPSA) is 74.1 Å². The van der Waals surface area contributed by atoms with Crippen LogP contribution in [-0.4, -0.2) is 19.6 Å². The van der Waals surface area contributed by atoms with E-state index in [2.05, 4.69) is 29.7 Å². The lowest BCUT2D eigenvalue weighted by molar-refractivity contribution is -0.112. The van der Waals surface area contributed by atoms with E-state index in [9.17, 15) is 10.1 Å². The van der Waals surface area contributed by atoms with Crippen LogP contribution in [0.2, 0.25) is 5.02 Å². The number of ether oxygens (including phenoxy) is 1. The summed E-state index contributed by atoms with van der Waals surface area (Å²) in [5.41, 5.74) is 2.92. The number of rotatable bonds is 7. The first kappa shape index (κ1) is 19.4. The first-order valence-electron chi connectivity index (χ1n) is 8.08. The first-order valence-corrected chi connectivity index (χ1v) is 8.46. The molecule has 0 spiro atoms. The van der Waals surface area contributed by atoms with Gasteiger partial charge in [-0.25, -0.2) is 0 Å². The van der Waals surface area contributed by atoms with Crippen molar-refractivity contribution >= 4 is 23.2 Å². The molecule has 5 nitrogen and oxygen atoms in total. The van der Waals surface area contributed by atoms with Gasteiger partial charge in [0, 0.05) is 18.4 Å². The highest BCUT2D eigenvalue weighted by molar-refractivity contribution is 6.32. The zero-order valence-corrected chi connectivity index (χ0v) is 15.4. The molecule has 6 heteroatoms. The summed E-state index contributed by atoms with van der Waals surface area (Å²) < 4.78 is 5.07. The van der Waals surface area contributed by atoms with Gasteiger partial charge in [-0.15, -0.1) is 0 Å². The summed E-state index contributed by atoms with van der Waals surface area (Å²) in [4.78, 5) is 12.2. The molecule has 0 fully saturated rings. The first-order chi connectivity index (χ1) is 12.5. The lowest BCUT2D eigenvalue weighted by Gasteiger charge is -2.08. The van der Waals surface area contributed by atoms with Gasteiger partial charge < -0.3 is 15.4 Å². The highest BCUT2D eigenvalue weighted by atomic mass is 35.5. The molecule has 0 aliphatic heterocycles. The van der Waals surface area contributed by atoms with Crippen molar-refractivity contribution in [3.8, 4) is 11.8 Å². The van der Waals surface area contributed by atoms with Crippen molar-refractivity contribution in [2.24, 2.45) is 0 Å². The van der Waals surface area contributed by atoms with E-state index in [1.54, 1.807) is 18.2 Å². The Bertz CT molecular complexity index is 856. The number of nitrogens with zero attached hydrogens (tertiary/aromatic N) is 1. The van der Waals surface area contributed by atoms with Crippen molar-refractivity contribution < 1.29 is 9.53 Å². The number of carbonyl (C=O) groups excluding carboxylic acids is 1. The second-order valence-corrected chi connectivity index (χ2v) is 6.01. The summed E-state index contributed by atoms with van der Waals surface area (Å²) in [7, 11) is 1.51. The van der Waals surface area contributed by atoms with Crippen molar-refractivity contribution in [3.63, 3.8) is 0 Å². The fourth-order valence-electron chi connectivity index (χ4n) is 2.36. The Morgan fingerprint density at radius 3 is 2.73 bits per heavy atom. The molecule has 0 saturated heterocycles. The van der Waals surface area contributed by atoms with E-state index in [0.29, 0.717) is 23.0 Å². The van der Waals surface area contributed by atoms with E-state index in [1.807, 2.05) is 18.2 Å². The van der Waals surface area contributed by atoms with Crippen molar-refractivity contribution in [2.75, 3.05) is 19.0 Å². The number of aryl methyl sites for hydroxylation is 1. The third-order valence-electron chi connectivity index (χ3n) is 3.82. The minimum absolute atomic E-state index is 0.0123. The quantitative estimate of drug-likeness (QED) is 0.442. The van der Waals surface area contributed by atoms with Crippen molar-refractivity contribution in [3.05, 3.63) is 70.4 Å². The number of methoxy groups -OCH3 is 1. The number of benzene rings is 2. The number of halogens is 1. The van der Waals surface area contributed by atoms with Crippen LogP contribution in [0.25, 0.3) is 0 Å². The van der Waals surface area contributed by atoms with E-state index in [1.165, 1.54) is 24.4 Å². The van der Waals surface area contributed by atoms with Crippen LogP contribution in [0.1, 0.15) is 11.1 Å². The van der Waals surface area contributed by atoms with E-state index >= 15 is 0 Å². The number of nitriles is 1. The lowest BCUT2D eigenvalue weighted by Crippen LogP contribution is -2.18. The van der Waals surface area contributed by atoms with Gasteiger partial charge in [0.25, 0.3) is 5.91 Å². The fourth-order valence-corrected chi connectivity index (χ4v) is 2.62. The van der Waals surface area contributed by atoms with Crippen LogP contribution in [0.5, 0.6) is 5.75 Å². The summed E-state index contributed by atoms with van der Waals surface area (Å²) in [6, 6.07) is 14.9. The Labute approximate surface area is 158 Å². The van der Waals surface area contributed by atoms with Crippen LogP contribution in [0.3, 0.4) is 0 Å². The van der Waals surface area contributed by atoms with E-state index < -0.39 is 5.91 Å². The molecule has 2 aromatic carbocycles. The van der Waals surface area contributed by atoms with Gasteiger partial charge in [-0.3, -0.25) is 4.79 Å². The summed E-state index contributed by atoms with van der Waals surface area (Å²) in [6.07, 6.45) is 2.23. The predicted molar refractivity (Wildman–Crippen MR) is 103 cm³/mol. The number of hydrogen-bond acceptors (Lipinski definition) is 4. The molecule has 0 unspecified atom stereocenters. The highest BCUT2D eigenvalue weighted by Crippen LogP contribution is 2.27. The molecule has 0 aliphatic carbocycles. The van der Waals surface area contributed by atoms with E-state index in [4.69, 9.17) is 16.3 Å². The third kappa shape index (κ3) is 5.27. The standard InChI is InChI=1S/C20H20ClN3O2/c1-14-5-3-4-6-15(14)9-10-23-13-16(12-22)20(25)24-17-7-8-19(26-2)18(21)11-17/h3-8,11,13,23H,9-10H2,1-2H3,(H,24,25)/b16-13-. The largest absolute Gasteiger partial charge is 0.495 e. The van der Waals surface area contributed by atoms with Gasteiger partial charge in [0.2, 0.25) is 0 Å². The maximum atomic E-state index is 12.2. The average Bonchev–Trinajstić information content (AvgIpc) is 2.63. The van der Waals surface area contributed by atoms with Crippen molar-refractivity contribution in [1.82, 2.24) is 5.32 Å². The summed E-state index contributed by atoms with van der Waals surface area (Å²) in [5, 5.41) is 15.2. The number of hydrogen-bond donors (Lipinski definition) is 2. The van der Waals surface area contributed by atoms with Crippen LogP contribution in [0, 0.1) is 18.3 Å². The zero-order valence-electron chi connectivity index (χ0n) is 14.7. The monoisotopic (exact) mass is 369 g/mol. The van der Waals surface area contributed by atoms with Crippen LogP contribution in [0.4, 0.5) is 5.69 Å².